The predicted molar refractivity (Wildman–Crippen MR) is 103 cm³/mol. The molecule has 128 valence electrons. The topological polar surface area (TPSA) is 51.2 Å². The smallest absolute Gasteiger partial charge is 0.159 e. The lowest BCUT2D eigenvalue weighted by atomic mass is 9.92. The van der Waals surface area contributed by atoms with E-state index < -0.39 is 0 Å². The quantitative estimate of drug-likeness (QED) is 0.471. The lowest BCUT2D eigenvalue weighted by Crippen LogP contribution is -1.94. The van der Waals surface area contributed by atoms with Crippen molar-refractivity contribution in [3.63, 3.8) is 0 Å². The normalized spacial score (nSPS) is 10.4. The van der Waals surface area contributed by atoms with Gasteiger partial charge in [-0.3, -0.25) is 14.4 Å². The van der Waals surface area contributed by atoms with Gasteiger partial charge in [-0.15, -0.1) is 0 Å². The third-order valence-electron chi connectivity index (χ3n) is 4.38. The summed E-state index contributed by atoms with van der Waals surface area (Å²) >= 11 is 0. The number of carbonyl (C=O) groups excluding carboxylic acids is 3. The highest BCUT2D eigenvalue weighted by molar-refractivity contribution is 5.96. The van der Waals surface area contributed by atoms with Gasteiger partial charge in [0.25, 0.3) is 0 Å². The Labute approximate surface area is 152 Å². The van der Waals surface area contributed by atoms with E-state index in [4.69, 9.17) is 0 Å². The number of carbonyl (C=O) groups is 3. The van der Waals surface area contributed by atoms with Gasteiger partial charge in [0.05, 0.1) is 0 Å². The zero-order valence-electron chi connectivity index (χ0n) is 14.7. The van der Waals surface area contributed by atoms with Crippen LogP contribution in [0.2, 0.25) is 0 Å². The standard InChI is InChI=1S/C23H18O3/c1-15(25)18-4-8-20(9-5-18)22-12-3-17(14-24)13-23(22)21-10-6-19(7-11-21)16(2)26/h3-14H,1-2H3. The summed E-state index contributed by atoms with van der Waals surface area (Å²) in [6, 6.07) is 20.3. The summed E-state index contributed by atoms with van der Waals surface area (Å²) in [5.41, 5.74) is 5.63. The second kappa shape index (κ2) is 7.28. The Bertz CT molecular complexity index is 981. The highest BCUT2D eigenvalue weighted by atomic mass is 16.1. The summed E-state index contributed by atoms with van der Waals surface area (Å²) < 4.78 is 0. The summed E-state index contributed by atoms with van der Waals surface area (Å²) in [7, 11) is 0. The Morgan fingerprint density at radius 2 is 1.12 bits per heavy atom. The summed E-state index contributed by atoms with van der Waals surface area (Å²) in [6.07, 6.45) is 0.816. The fraction of sp³-hybridized carbons (Fsp3) is 0.0870. The molecule has 0 aromatic heterocycles. The minimum atomic E-state index is 0.0123. The molecule has 26 heavy (non-hydrogen) atoms. The molecule has 0 aliphatic carbocycles. The minimum absolute atomic E-state index is 0.0123. The highest BCUT2D eigenvalue weighted by Crippen LogP contribution is 2.33. The molecule has 3 nitrogen and oxygen atoms in total. The SMILES string of the molecule is CC(=O)c1ccc(-c2ccc(C=O)cc2-c2ccc(C(C)=O)cc2)cc1. The van der Waals surface area contributed by atoms with Crippen LogP contribution in [0.25, 0.3) is 22.3 Å². The Hall–Kier alpha value is -3.33. The minimum Gasteiger partial charge on any atom is -0.298 e. The summed E-state index contributed by atoms with van der Waals surface area (Å²) in [5, 5.41) is 0. The molecule has 0 saturated heterocycles. The average Bonchev–Trinajstić information content (AvgIpc) is 2.67. The molecule has 0 radical (unpaired) electrons. The van der Waals surface area contributed by atoms with Crippen LogP contribution in [0.15, 0.2) is 66.7 Å². The van der Waals surface area contributed by atoms with E-state index in [9.17, 15) is 14.4 Å². The van der Waals surface area contributed by atoms with Crippen LogP contribution in [0.1, 0.15) is 44.9 Å². The van der Waals surface area contributed by atoms with Gasteiger partial charge in [0.15, 0.2) is 11.6 Å². The zero-order chi connectivity index (χ0) is 18.7. The molecule has 0 atom stereocenters. The third-order valence-corrected chi connectivity index (χ3v) is 4.38. The first kappa shape index (κ1) is 17.5. The van der Waals surface area contributed by atoms with Crippen molar-refractivity contribution in [1.82, 2.24) is 0 Å². The molecule has 0 unspecified atom stereocenters. The summed E-state index contributed by atoms with van der Waals surface area (Å²) in [6.45, 7) is 3.07. The van der Waals surface area contributed by atoms with Crippen LogP contribution in [-0.2, 0) is 0 Å². The monoisotopic (exact) mass is 342 g/mol. The number of Topliss-reactive ketones (excluding diaryl/α,β-unsaturated/α-hetero) is 2. The molecule has 0 saturated carbocycles. The van der Waals surface area contributed by atoms with Gasteiger partial charge in [0.2, 0.25) is 0 Å². The average molecular weight is 342 g/mol. The van der Waals surface area contributed by atoms with Gasteiger partial charge in [0, 0.05) is 16.7 Å². The maximum absolute atomic E-state index is 11.5. The number of rotatable bonds is 5. The highest BCUT2D eigenvalue weighted by Gasteiger charge is 2.10. The maximum Gasteiger partial charge on any atom is 0.159 e. The number of benzene rings is 3. The Morgan fingerprint density at radius 1 is 0.654 bits per heavy atom. The lowest BCUT2D eigenvalue weighted by molar-refractivity contribution is 0.100. The number of aldehydes is 1. The first-order valence-electron chi connectivity index (χ1n) is 8.31. The third kappa shape index (κ3) is 3.52. The lowest BCUT2D eigenvalue weighted by Gasteiger charge is -2.12. The van der Waals surface area contributed by atoms with Crippen LogP contribution in [-0.4, -0.2) is 17.9 Å². The van der Waals surface area contributed by atoms with Gasteiger partial charge in [-0.05, 0) is 42.2 Å². The van der Waals surface area contributed by atoms with Crippen molar-refractivity contribution < 1.29 is 14.4 Å². The second-order valence-corrected chi connectivity index (χ2v) is 6.19. The molecule has 3 aromatic rings. The summed E-state index contributed by atoms with van der Waals surface area (Å²) in [5.74, 6) is 0.0335. The van der Waals surface area contributed by atoms with Gasteiger partial charge < -0.3 is 0 Å². The first-order valence-corrected chi connectivity index (χ1v) is 8.31. The number of hydrogen-bond acceptors (Lipinski definition) is 3. The van der Waals surface area contributed by atoms with E-state index in [1.54, 1.807) is 30.3 Å². The second-order valence-electron chi connectivity index (χ2n) is 6.19. The van der Waals surface area contributed by atoms with Crippen LogP contribution < -0.4 is 0 Å². The van der Waals surface area contributed by atoms with Gasteiger partial charge in [-0.2, -0.15) is 0 Å². The van der Waals surface area contributed by atoms with E-state index in [1.165, 1.54) is 13.8 Å². The molecule has 3 rings (SSSR count). The number of hydrogen-bond donors (Lipinski definition) is 0. The van der Waals surface area contributed by atoms with Crippen molar-refractivity contribution >= 4 is 17.9 Å². The molecule has 0 bridgehead atoms. The molecule has 3 heteroatoms. The molecule has 3 aromatic carbocycles. The van der Waals surface area contributed by atoms with Crippen molar-refractivity contribution in [3.8, 4) is 22.3 Å². The molecule has 0 aliphatic heterocycles. The molecular weight excluding hydrogens is 324 g/mol. The largest absolute Gasteiger partial charge is 0.298 e. The van der Waals surface area contributed by atoms with E-state index >= 15 is 0 Å². The Kier molecular flexibility index (Phi) is 4.90. The van der Waals surface area contributed by atoms with Crippen molar-refractivity contribution in [1.29, 1.82) is 0 Å². The molecule has 0 fully saturated rings. The van der Waals surface area contributed by atoms with Crippen LogP contribution in [0.5, 0.6) is 0 Å². The van der Waals surface area contributed by atoms with Crippen LogP contribution in [0.3, 0.4) is 0 Å². The molecule has 0 amide bonds. The Balaban J connectivity index is 2.12. The van der Waals surface area contributed by atoms with Crippen LogP contribution in [0.4, 0.5) is 0 Å². The van der Waals surface area contributed by atoms with Gasteiger partial charge in [-0.25, -0.2) is 0 Å². The fourth-order valence-electron chi connectivity index (χ4n) is 2.89. The van der Waals surface area contributed by atoms with E-state index in [1.807, 2.05) is 36.4 Å². The predicted octanol–water partition coefficient (Wildman–Crippen LogP) is 5.24. The van der Waals surface area contributed by atoms with E-state index in [0.717, 1.165) is 28.5 Å². The van der Waals surface area contributed by atoms with E-state index in [-0.39, 0.29) is 11.6 Å². The first-order chi connectivity index (χ1) is 12.5. The van der Waals surface area contributed by atoms with Crippen molar-refractivity contribution in [3.05, 3.63) is 83.4 Å². The van der Waals surface area contributed by atoms with E-state index in [0.29, 0.717) is 16.7 Å². The molecule has 0 aliphatic rings. The molecule has 0 N–H and O–H groups in total. The molecular formula is C23H18O3. The summed E-state index contributed by atoms with van der Waals surface area (Å²) in [4.78, 5) is 34.2. The number of ketones is 2. The zero-order valence-corrected chi connectivity index (χ0v) is 14.7. The van der Waals surface area contributed by atoms with Gasteiger partial charge in [0.1, 0.15) is 6.29 Å². The van der Waals surface area contributed by atoms with Crippen molar-refractivity contribution in [2.75, 3.05) is 0 Å². The van der Waals surface area contributed by atoms with Crippen molar-refractivity contribution in [2.24, 2.45) is 0 Å². The van der Waals surface area contributed by atoms with Crippen molar-refractivity contribution in [2.45, 2.75) is 13.8 Å². The fourth-order valence-corrected chi connectivity index (χ4v) is 2.89. The van der Waals surface area contributed by atoms with Crippen LogP contribution >= 0.6 is 0 Å². The van der Waals surface area contributed by atoms with E-state index in [2.05, 4.69) is 0 Å². The van der Waals surface area contributed by atoms with Gasteiger partial charge >= 0.3 is 0 Å². The van der Waals surface area contributed by atoms with Crippen LogP contribution in [0, 0.1) is 0 Å². The molecule has 0 heterocycles. The molecule has 0 spiro atoms. The van der Waals surface area contributed by atoms with Gasteiger partial charge in [-0.1, -0.05) is 60.7 Å². The Morgan fingerprint density at radius 3 is 1.54 bits per heavy atom. The maximum atomic E-state index is 11.5.